The summed E-state index contributed by atoms with van der Waals surface area (Å²) in [7, 11) is 0. The third-order valence-corrected chi connectivity index (χ3v) is 4.46. The van der Waals surface area contributed by atoms with E-state index in [1.807, 2.05) is 55.5 Å². The SMILES string of the molecule is CCCOc1cccc(C(=O)N(Cc2ccco2)Cc2ccccc2Cl)c1. The van der Waals surface area contributed by atoms with Gasteiger partial charge >= 0.3 is 0 Å². The monoisotopic (exact) mass is 383 g/mol. The van der Waals surface area contributed by atoms with Crippen molar-refractivity contribution in [1.29, 1.82) is 0 Å². The number of nitrogens with zero attached hydrogens (tertiary/aromatic N) is 1. The molecule has 1 heterocycles. The van der Waals surface area contributed by atoms with Crippen LogP contribution in [0.5, 0.6) is 5.75 Å². The molecule has 0 spiro atoms. The summed E-state index contributed by atoms with van der Waals surface area (Å²) in [6.45, 7) is 3.41. The van der Waals surface area contributed by atoms with E-state index in [1.165, 1.54) is 0 Å². The highest BCUT2D eigenvalue weighted by Gasteiger charge is 2.19. The fourth-order valence-corrected chi connectivity index (χ4v) is 2.94. The molecule has 0 saturated heterocycles. The molecule has 0 fully saturated rings. The zero-order valence-electron chi connectivity index (χ0n) is 15.2. The topological polar surface area (TPSA) is 42.7 Å². The molecule has 0 N–H and O–H groups in total. The van der Waals surface area contributed by atoms with Gasteiger partial charge < -0.3 is 14.1 Å². The fraction of sp³-hybridized carbons (Fsp3) is 0.227. The molecule has 0 unspecified atom stereocenters. The maximum Gasteiger partial charge on any atom is 0.254 e. The molecule has 27 heavy (non-hydrogen) atoms. The van der Waals surface area contributed by atoms with Gasteiger partial charge in [-0.25, -0.2) is 0 Å². The first kappa shape index (κ1) is 19.1. The number of halogens is 1. The van der Waals surface area contributed by atoms with Gasteiger partial charge in [-0.05, 0) is 48.4 Å². The second kappa shape index (κ2) is 9.28. The highest BCUT2D eigenvalue weighted by molar-refractivity contribution is 6.31. The van der Waals surface area contributed by atoms with Crippen LogP contribution in [0.4, 0.5) is 0 Å². The molecule has 3 rings (SSSR count). The summed E-state index contributed by atoms with van der Waals surface area (Å²) < 4.78 is 11.1. The van der Waals surface area contributed by atoms with Gasteiger partial charge in [-0.15, -0.1) is 0 Å². The van der Waals surface area contributed by atoms with Crippen LogP contribution >= 0.6 is 11.6 Å². The standard InChI is InChI=1S/C22H22ClNO3/c1-2-12-26-19-9-5-8-17(14-19)22(25)24(16-20-10-6-13-27-20)15-18-7-3-4-11-21(18)23/h3-11,13-14H,2,12,15-16H2,1H3. The molecule has 1 amide bonds. The number of benzene rings is 2. The van der Waals surface area contributed by atoms with Crippen molar-refractivity contribution in [3.05, 3.63) is 88.8 Å². The molecule has 0 aliphatic rings. The van der Waals surface area contributed by atoms with Crippen LogP contribution in [0.2, 0.25) is 5.02 Å². The predicted molar refractivity (Wildman–Crippen MR) is 106 cm³/mol. The lowest BCUT2D eigenvalue weighted by molar-refractivity contribution is 0.0717. The summed E-state index contributed by atoms with van der Waals surface area (Å²) in [5.41, 5.74) is 1.46. The highest BCUT2D eigenvalue weighted by atomic mass is 35.5. The van der Waals surface area contributed by atoms with Gasteiger partial charge in [0.05, 0.1) is 19.4 Å². The molecule has 1 aromatic heterocycles. The van der Waals surface area contributed by atoms with E-state index in [0.717, 1.165) is 12.0 Å². The van der Waals surface area contributed by atoms with Gasteiger partial charge in [0.25, 0.3) is 5.91 Å². The zero-order chi connectivity index (χ0) is 19.1. The number of furan rings is 1. The van der Waals surface area contributed by atoms with Crippen LogP contribution in [0, 0.1) is 0 Å². The van der Waals surface area contributed by atoms with E-state index in [2.05, 4.69) is 0 Å². The predicted octanol–water partition coefficient (Wildman–Crippen LogP) is 5.56. The molecule has 0 bridgehead atoms. The lowest BCUT2D eigenvalue weighted by Crippen LogP contribution is -2.30. The van der Waals surface area contributed by atoms with E-state index in [9.17, 15) is 4.79 Å². The van der Waals surface area contributed by atoms with Crippen molar-refractivity contribution in [2.75, 3.05) is 6.61 Å². The number of ether oxygens (including phenoxy) is 1. The first-order valence-corrected chi connectivity index (χ1v) is 9.33. The first-order chi connectivity index (χ1) is 13.2. The summed E-state index contributed by atoms with van der Waals surface area (Å²) in [5, 5.41) is 0.634. The van der Waals surface area contributed by atoms with Gasteiger partial charge in [0, 0.05) is 17.1 Å². The molecule has 0 radical (unpaired) electrons. The van der Waals surface area contributed by atoms with E-state index >= 15 is 0 Å². The molecule has 4 nitrogen and oxygen atoms in total. The van der Waals surface area contributed by atoms with Gasteiger partial charge in [0.1, 0.15) is 11.5 Å². The number of rotatable bonds is 8. The molecule has 0 atom stereocenters. The average molecular weight is 384 g/mol. The Balaban J connectivity index is 1.85. The Hall–Kier alpha value is -2.72. The van der Waals surface area contributed by atoms with Crippen LogP contribution in [0.15, 0.2) is 71.3 Å². The number of carbonyl (C=O) groups excluding carboxylic acids is 1. The average Bonchev–Trinajstić information content (AvgIpc) is 3.20. The third kappa shape index (κ3) is 5.14. The number of carbonyl (C=O) groups is 1. The smallest absolute Gasteiger partial charge is 0.254 e. The van der Waals surface area contributed by atoms with Crippen molar-refractivity contribution in [3.63, 3.8) is 0 Å². The maximum atomic E-state index is 13.2. The molecular weight excluding hydrogens is 362 g/mol. The second-order valence-corrected chi connectivity index (χ2v) is 6.62. The number of hydrogen-bond donors (Lipinski definition) is 0. The van der Waals surface area contributed by atoms with Gasteiger partial charge in [-0.1, -0.05) is 42.8 Å². The Labute approximate surface area is 164 Å². The van der Waals surface area contributed by atoms with Crippen molar-refractivity contribution in [3.8, 4) is 5.75 Å². The maximum absolute atomic E-state index is 13.2. The third-order valence-electron chi connectivity index (χ3n) is 4.09. The van der Waals surface area contributed by atoms with E-state index in [0.29, 0.717) is 41.8 Å². The van der Waals surface area contributed by atoms with Crippen LogP contribution in [0.25, 0.3) is 0 Å². The van der Waals surface area contributed by atoms with Crippen molar-refractivity contribution in [1.82, 2.24) is 4.90 Å². The Morgan fingerprint density at radius 2 is 1.93 bits per heavy atom. The Morgan fingerprint density at radius 3 is 2.67 bits per heavy atom. The van der Waals surface area contributed by atoms with Crippen LogP contribution in [-0.4, -0.2) is 17.4 Å². The molecule has 0 saturated carbocycles. The fourth-order valence-electron chi connectivity index (χ4n) is 2.74. The molecule has 140 valence electrons. The summed E-state index contributed by atoms with van der Waals surface area (Å²) >= 11 is 6.30. The summed E-state index contributed by atoms with van der Waals surface area (Å²) in [6.07, 6.45) is 2.52. The normalized spacial score (nSPS) is 10.6. The molecule has 0 aliphatic carbocycles. The molecule has 2 aromatic carbocycles. The molecule has 3 aromatic rings. The largest absolute Gasteiger partial charge is 0.494 e. The summed E-state index contributed by atoms with van der Waals surface area (Å²) in [5.74, 6) is 1.31. The van der Waals surface area contributed by atoms with E-state index in [4.69, 9.17) is 20.8 Å². The van der Waals surface area contributed by atoms with Crippen LogP contribution < -0.4 is 4.74 Å². The van der Waals surface area contributed by atoms with Gasteiger partial charge in [-0.3, -0.25) is 4.79 Å². The van der Waals surface area contributed by atoms with Crippen molar-refractivity contribution in [2.24, 2.45) is 0 Å². The van der Waals surface area contributed by atoms with E-state index < -0.39 is 0 Å². The summed E-state index contributed by atoms with van der Waals surface area (Å²) in [6, 6.07) is 18.5. The number of amides is 1. The van der Waals surface area contributed by atoms with Crippen LogP contribution in [0.3, 0.4) is 0 Å². The van der Waals surface area contributed by atoms with E-state index in [-0.39, 0.29) is 5.91 Å². The molecular formula is C22H22ClNO3. The molecule has 5 heteroatoms. The second-order valence-electron chi connectivity index (χ2n) is 6.21. The number of hydrogen-bond acceptors (Lipinski definition) is 3. The quantitative estimate of drug-likeness (QED) is 0.511. The Bertz CT molecular complexity index is 877. The lowest BCUT2D eigenvalue weighted by atomic mass is 10.1. The lowest BCUT2D eigenvalue weighted by Gasteiger charge is -2.23. The van der Waals surface area contributed by atoms with Gasteiger partial charge in [0.2, 0.25) is 0 Å². The van der Waals surface area contributed by atoms with E-state index in [1.54, 1.807) is 23.3 Å². The van der Waals surface area contributed by atoms with Crippen molar-refractivity contribution >= 4 is 17.5 Å². The minimum atomic E-state index is -0.103. The highest BCUT2D eigenvalue weighted by Crippen LogP contribution is 2.22. The van der Waals surface area contributed by atoms with Crippen LogP contribution in [-0.2, 0) is 13.1 Å². The van der Waals surface area contributed by atoms with Crippen molar-refractivity contribution < 1.29 is 13.9 Å². The van der Waals surface area contributed by atoms with Crippen LogP contribution in [0.1, 0.15) is 35.0 Å². The Kier molecular flexibility index (Phi) is 6.55. The van der Waals surface area contributed by atoms with Crippen molar-refractivity contribution in [2.45, 2.75) is 26.4 Å². The minimum Gasteiger partial charge on any atom is -0.494 e. The first-order valence-electron chi connectivity index (χ1n) is 8.95. The Morgan fingerprint density at radius 1 is 1.07 bits per heavy atom. The molecule has 0 aliphatic heterocycles. The van der Waals surface area contributed by atoms with Gasteiger partial charge in [-0.2, -0.15) is 0 Å². The van der Waals surface area contributed by atoms with Gasteiger partial charge in [0.15, 0.2) is 0 Å². The summed E-state index contributed by atoms with van der Waals surface area (Å²) in [4.78, 5) is 14.9. The zero-order valence-corrected chi connectivity index (χ0v) is 16.0. The minimum absolute atomic E-state index is 0.103.